The lowest BCUT2D eigenvalue weighted by Crippen LogP contribution is -2.81. The molecule has 0 aliphatic carbocycles. The Hall–Kier alpha value is -0.690. The first-order valence-electron chi connectivity index (χ1n) is 7.60. The molecule has 0 radical (unpaired) electrons. The van der Waals surface area contributed by atoms with Crippen LogP contribution < -0.4 is 5.32 Å². The Morgan fingerprint density at radius 2 is 2.36 bits per heavy atom. The molecule has 2 aliphatic rings. The average Bonchev–Trinajstić information content (AvgIpc) is 2.65. The van der Waals surface area contributed by atoms with Gasteiger partial charge in [-0.2, -0.15) is 4.94 Å². The number of halogens is 2. The third-order valence-corrected chi connectivity index (χ3v) is 5.21. The second kappa shape index (κ2) is 6.83. The van der Waals surface area contributed by atoms with E-state index >= 15 is 0 Å². The number of rotatable bonds is 9. The second-order valence-electron chi connectivity index (χ2n) is 6.12. The molecule has 5 nitrogen and oxygen atoms in total. The van der Waals surface area contributed by atoms with Gasteiger partial charge < -0.3 is 15.2 Å². The van der Waals surface area contributed by atoms with Gasteiger partial charge in [0.1, 0.15) is 11.1 Å². The van der Waals surface area contributed by atoms with E-state index in [1.165, 1.54) is 0 Å². The summed E-state index contributed by atoms with van der Waals surface area (Å²) in [6.45, 7) is 5.35. The average molecular weight is 336 g/mol. The topological polar surface area (TPSA) is 67.8 Å². The molecule has 2 aliphatic heterocycles. The van der Waals surface area contributed by atoms with Crippen molar-refractivity contribution in [1.29, 1.82) is 0 Å². The Morgan fingerprint density at radius 3 is 2.95 bits per heavy atom. The molecule has 22 heavy (non-hydrogen) atoms. The number of nitrogens with one attached hydrogen (secondary N) is 1. The standard InChI is InChI=1S/C15H23ClFNO4/c1-3-4-5-6-7-11(19)15-13(22-17)21-14(15,2)10(8-9-16)12(20)18-15/h3,10-11,13,19H,1,4-9H2,2H3,(H,18,20)/t10?,11-,13?,14-,15?/m0/s1. The summed E-state index contributed by atoms with van der Waals surface area (Å²) >= 11 is 5.75. The van der Waals surface area contributed by atoms with Crippen LogP contribution in [-0.4, -0.2) is 40.4 Å². The quantitative estimate of drug-likeness (QED) is 0.385. The van der Waals surface area contributed by atoms with Crippen molar-refractivity contribution in [2.75, 3.05) is 5.88 Å². The fourth-order valence-electron chi connectivity index (χ4n) is 3.71. The zero-order valence-corrected chi connectivity index (χ0v) is 13.4. The lowest BCUT2D eigenvalue weighted by molar-refractivity contribution is -0.431. The summed E-state index contributed by atoms with van der Waals surface area (Å²) in [4.78, 5) is 16.1. The van der Waals surface area contributed by atoms with E-state index in [1.807, 2.05) is 6.08 Å². The third-order valence-electron chi connectivity index (χ3n) is 5.00. The number of amides is 1. The van der Waals surface area contributed by atoms with Gasteiger partial charge in [-0.1, -0.05) is 12.5 Å². The normalized spacial score (nSPS) is 38.1. The third kappa shape index (κ3) is 2.46. The minimum atomic E-state index is -1.30. The fourth-order valence-corrected chi connectivity index (χ4v) is 3.93. The van der Waals surface area contributed by atoms with Crippen LogP contribution in [0.25, 0.3) is 0 Å². The molecule has 0 saturated carbocycles. The van der Waals surface area contributed by atoms with Crippen LogP contribution in [-0.2, 0) is 14.5 Å². The Balaban J connectivity index is 2.16. The summed E-state index contributed by atoms with van der Waals surface area (Å²) in [6, 6.07) is 0. The summed E-state index contributed by atoms with van der Waals surface area (Å²) < 4.78 is 18.3. The highest BCUT2D eigenvalue weighted by molar-refractivity contribution is 6.18. The molecule has 2 heterocycles. The number of aliphatic hydroxyl groups excluding tert-OH is 1. The molecule has 126 valence electrons. The van der Waals surface area contributed by atoms with Crippen LogP contribution >= 0.6 is 11.6 Å². The van der Waals surface area contributed by atoms with Gasteiger partial charge in [0.2, 0.25) is 12.2 Å². The smallest absolute Gasteiger partial charge is 0.226 e. The number of ether oxygens (including phenoxy) is 1. The van der Waals surface area contributed by atoms with Crippen molar-refractivity contribution in [3.05, 3.63) is 12.7 Å². The number of aliphatic hydroxyl groups is 1. The van der Waals surface area contributed by atoms with Crippen molar-refractivity contribution >= 4 is 17.5 Å². The highest BCUT2D eigenvalue weighted by Crippen LogP contribution is 2.55. The number of hydrogen-bond acceptors (Lipinski definition) is 4. The van der Waals surface area contributed by atoms with Crippen LogP contribution in [0.3, 0.4) is 0 Å². The molecule has 3 unspecified atom stereocenters. The summed E-state index contributed by atoms with van der Waals surface area (Å²) in [5.74, 6) is -0.531. The molecule has 0 bridgehead atoms. The van der Waals surface area contributed by atoms with Crippen molar-refractivity contribution in [3.63, 3.8) is 0 Å². The van der Waals surface area contributed by atoms with Crippen molar-refractivity contribution in [3.8, 4) is 0 Å². The van der Waals surface area contributed by atoms with Gasteiger partial charge in [-0.25, -0.2) is 0 Å². The molecule has 1 amide bonds. The minimum Gasteiger partial charge on any atom is -0.390 e. The summed E-state index contributed by atoms with van der Waals surface area (Å²) in [6.07, 6.45) is 2.82. The van der Waals surface area contributed by atoms with Crippen LogP contribution in [0.5, 0.6) is 0 Å². The molecule has 0 spiro atoms. The van der Waals surface area contributed by atoms with E-state index in [9.17, 15) is 14.4 Å². The largest absolute Gasteiger partial charge is 0.390 e. The maximum Gasteiger partial charge on any atom is 0.226 e. The van der Waals surface area contributed by atoms with Crippen molar-refractivity contribution < 1.29 is 24.1 Å². The molecule has 0 aromatic heterocycles. The van der Waals surface area contributed by atoms with Gasteiger partial charge in [-0.05, 0) is 37.1 Å². The van der Waals surface area contributed by atoms with E-state index < -0.39 is 29.5 Å². The van der Waals surface area contributed by atoms with Gasteiger partial charge in [-0.15, -0.1) is 18.2 Å². The van der Waals surface area contributed by atoms with E-state index in [4.69, 9.17) is 16.3 Å². The predicted octanol–water partition coefficient (Wildman–Crippen LogP) is 2.22. The maximum absolute atomic E-state index is 12.8. The van der Waals surface area contributed by atoms with Crippen molar-refractivity contribution in [2.45, 2.75) is 62.6 Å². The Kier molecular flexibility index (Phi) is 5.48. The number of carbonyl (C=O) groups excluding carboxylic acids is 1. The molecular formula is C15H23ClFNO4. The van der Waals surface area contributed by atoms with E-state index in [1.54, 1.807) is 6.92 Å². The Bertz CT molecular complexity index is 438. The monoisotopic (exact) mass is 335 g/mol. The number of unbranched alkanes of at least 4 members (excludes halogenated alkanes) is 2. The van der Waals surface area contributed by atoms with Gasteiger partial charge in [0.05, 0.1) is 12.0 Å². The SMILES string of the molecule is C=CCCCC[C@H](O)C12NC(=O)C(CCCl)[C@]1(C)OC2OF. The summed E-state index contributed by atoms with van der Waals surface area (Å²) in [5, 5.41) is 13.3. The molecule has 0 aromatic rings. The van der Waals surface area contributed by atoms with Gasteiger partial charge in [0, 0.05) is 5.88 Å². The number of carbonyl (C=O) groups is 1. The van der Waals surface area contributed by atoms with E-state index in [-0.39, 0.29) is 11.8 Å². The second-order valence-corrected chi connectivity index (χ2v) is 6.50. The maximum atomic E-state index is 12.8. The van der Waals surface area contributed by atoms with Crippen LogP contribution in [0.4, 0.5) is 4.53 Å². The first kappa shape index (κ1) is 17.7. The first-order chi connectivity index (χ1) is 10.5. The van der Waals surface area contributed by atoms with Crippen molar-refractivity contribution in [2.24, 2.45) is 5.92 Å². The van der Waals surface area contributed by atoms with Gasteiger partial charge in [0.25, 0.3) is 0 Å². The number of fused-ring (bicyclic) bond motifs is 1. The first-order valence-corrected chi connectivity index (χ1v) is 8.13. The Labute approximate surface area is 134 Å². The summed E-state index contributed by atoms with van der Waals surface area (Å²) in [5.41, 5.74) is -2.28. The van der Waals surface area contributed by atoms with Gasteiger partial charge in [0.15, 0.2) is 0 Å². The molecule has 0 aromatic carbocycles. The van der Waals surface area contributed by atoms with Crippen LogP contribution in [0, 0.1) is 5.92 Å². The fraction of sp³-hybridized carbons (Fsp3) is 0.800. The molecule has 2 N–H and O–H groups in total. The summed E-state index contributed by atoms with van der Waals surface area (Å²) in [7, 11) is 0. The molecule has 2 fully saturated rings. The van der Waals surface area contributed by atoms with Gasteiger partial charge >= 0.3 is 0 Å². The van der Waals surface area contributed by atoms with Crippen LogP contribution in [0.15, 0.2) is 12.7 Å². The number of allylic oxidation sites excluding steroid dienone is 1. The number of hydrogen-bond donors (Lipinski definition) is 2. The Morgan fingerprint density at radius 1 is 1.64 bits per heavy atom. The van der Waals surface area contributed by atoms with E-state index in [2.05, 4.69) is 16.8 Å². The highest BCUT2D eigenvalue weighted by atomic mass is 35.5. The van der Waals surface area contributed by atoms with Crippen LogP contribution in [0.1, 0.15) is 39.0 Å². The zero-order chi connectivity index (χ0) is 16.4. The van der Waals surface area contributed by atoms with Gasteiger partial charge in [-0.3, -0.25) is 4.79 Å². The molecule has 2 saturated heterocycles. The molecule has 2 rings (SSSR count). The lowest BCUT2D eigenvalue weighted by atomic mass is 9.66. The predicted molar refractivity (Wildman–Crippen MR) is 79.8 cm³/mol. The molecule has 7 heteroatoms. The molecule has 5 atom stereocenters. The van der Waals surface area contributed by atoms with Crippen LogP contribution in [0.2, 0.25) is 0 Å². The van der Waals surface area contributed by atoms with Crippen molar-refractivity contribution in [1.82, 2.24) is 5.32 Å². The van der Waals surface area contributed by atoms with E-state index in [0.29, 0.717) is 12.8 Å². The van der Waals surface area contributed by atoms with E-state index in [0.717, 1.165) is 19.3 Å². The highest BCUT2D eigenvalue weighted by Gasteiger charge is 2.78. The zero-order valence-electron chi connectivity index (χ0n) is 12.7. The molecular weight excluding hydrogens is 313 g/mol. The lowest BCUT2D eigenvalue weighted by Gasteiger charge is -2.58. The number of alkyl halides is 1. The minimum absolute atomic E-state index is 0.281.